The minimum Gasteiger partial charge on any atom is -0.494 e. The van der Waals surface area contributed by atoms with Crippen LogP contribution in [0.3, 0.4) is 0 Å². The summed E-state index contributed by atoms with van der Waals surface area (Å²) in [5.74, 6) is -1.66. The fourth-order valence-corrected chi connectivity index (χ4v) is 2.82. The molecular formula is C18H24FNO4. The molecule has 1 fully saturated rings. The molecule has 0 aromatic heterocycles. The van der Waals surface area contributed by atoms with E-state index in [0.29, 0.717) is 0 Å². The molecule has 1 aromatic rings. The third-order valence-electron chi connectivity index (χ3n) is 4.24. The van der Waals surface area contributed by atoms with Crippen LogP contribution in [0.5, 0.6) is 5.75 Å². The molecule has 5 nitrogen and oxygen atoms in total. The van der Waals surface area contributed by atoms with Crippen molar-refractivity contribution in [2.24, 2.45) is 0 Å². The number of hydrogen-bond donors (Lipinski definition) is 1. The van der Waals surface area contributed by atoms with E-state index in [0.717, 1.165) is 31.7 Å². The molecule has 1 aliphatic rings. The van der Waals surface area contributed by atoms with Crippen molar-refractivity contribution >= 4 is 11.9 Å². The van der Waals surface area contributed by atoms with Gasteiger partial charge in [-0.15, -0.1) is 0 Å². The highest BCUT2D eigenvalue weighted by Gasteiger charge is 2.22. The molecule has 0 unspecified atom stereocenters. The second-order valence-corrected chi connectivity index (χ2v) is 6.09. The van der Waals surface area contributed by atoms with E-state index in [4.69, 9.17) is 9.47 Å². The van der Waals surface area contributed by atoms with Gasteiger partial charge >= 0.3 is 5.97 Å². The van der Waals surface area contributed by atoms with E-state index in [1.807, 2.05) is 0 Å². The molecule has 0 radical (unpaired) electrons. The monoisotopic (exact) mass is 337 g/mol. The molecule has 1 aromatic carbocycles. The van der Waals surface area contributed by atoms with E-state index in [1.165, 1.54) is 39.0 Å². The molecule has 1 aliphatic carbocycles. The third-order valence-corrected chi connectivity index (χ3v) is 4.24. The van der Waals surface area contributed by atoms with Crippen LogP contribution < -0.4 is 10.1 Å². The Balaban J connectivity index is 1.90. The van der Waals surface area contributed by atoms with E-state index < -0.39 is 17.9 Å². The van der Waals surface area contributed by atoms with E-state index in [2.05, 4.69) is 5.32 Å². The summed E-state index contributed by atoms with van der Waals surface area (Å²) in [6, 6.07) is 3.93. The number of benzene rings is 1. The molecule has 0 aliphatic heterocycles. The Morgan fingerprint density at radius 3 is 2.46 bits per heavy atom. The van der Waals surface area contributed by atoms with Crippen molar-refractivity contribution < 1.29 is 23.5 Å². The Labute approximate surface area is 141 Å². The second-order valence-electron chi connectivity index (χ2n) is 6.09. The average Bonchev–Trinajstić information content (AvgIpc) is 2.83. The van der Waals surface area contributed by atoms with Gasteiger partial charge in [-0.1, -0.05) is 25.7 Å². The van der Waals surface area contributed by atoms with Crippen LogP contribution in [0.4, 0.5) is 4.39 Å². The highest BCUT2D eigenvalue weighted by molar-refractivity contribution is 5.92. The fourth-order valence-electron chi connectivity index (χ4n) is 2.82. The lowest BCUT2D eigenvalue weighted by molar-refractivity contribution is -0.129. The van der Waals surface area contributed by atoms with Crippen molar-refractivity contribution in [1.82, 2.24) is 5.32 Å². The highest BCUT2D eigenvalue weighted by atomic mass is 19.1. The van der Waals surface area contributed by atoms with Crippen LogP contribution in [0, 0.1) is 5.82 Å². The lowest BCUT2D eigenvalue weighted by Crippen LogP contribution is -2.41. The first-order valence-electron chi connectivity index (χ1n) is 8.36. The van der Waals surface area contributed by atoms with E-state index in [9.17, 15) is 14.0 Å². The predicted molar refractivity (Wildman–Crippen MR) is 87.5 cm³/mol. The summed E-state index contributed by atoms with van der Waals surface area (Å²) in [7, 11) is 1.34. The molecule has 0 heterocycles. The van der Waals surface area contributed by atoms with Gasteiger partial charge in [0.2, 0.25) is 0 Å². The lowest BCUT2D eigenvalue weighted by Gasteiger charge is -2.19. The minimum absolute atomic E-state index is 0.0439. The van der Waals surface area contributed by atoms with Crippen LogP contribution in [-0.2, 0) is 9.53 Å². The highest BCUT2D eigenvalue weighted by Crippen LogP contribution is 2.19. The van der Waals surface area contributed by atoms with Crippen molar-refractivity contribution in [3.63, 3.8) is 0 Å². The van der Waals surface area contributed by atoms with Crippen LogP contribution in [0.25, 0.3) is 0 Å². The Morgan fingerprint density at radius 2 is 1.88 bits per heavy atom. The molecule has 2 rings (SSSR count). The number of ether oxygens (including phenoxy) is 2. The molecule has 132 valence electrons. The Hall–Kier alpha value is -2.11. The number of amides is 1. The van der Waals surface area contributed by atoms with Gasteiger partial charge in [0.05, 0.1) is 12.7 Å². The normalized spacial score (nSPS) is 16.8. The van der Waals surface area contributed by atoms with Crippen LogP contribution in [0.2, 0.25) is 0 Å². The van der Waals surface area contributed by atoms with Gasteiger partial charge in [-0.05, 0) is 38.0 Å². The maximum absolute atomic E-state index is 13.6. The molecule has 6 heteroatoms. The minimum atomic E-state index is -0.925. The lowest BCUT2D eigenvalue weighted by atomic mass is 10.1. The van der Waals surface area contributed by atoms with Crippen molar-refractivity contribution in [3.8, 4) is 5.75 Å². The molecule has 1 saturated carbocycles. The van der Waals surface area contributed by atoms with Crippen molar-refractivity contribution in [2.45, 2.75) is 57.6 Å². The van der Waals surface area contributed by atoms with Gasteiger partial charge < -0.3 is 14.8 Å². The second kappa shape index (κ2) is 8.66. The molecule has 0 bridgehead atoms. The molecule has 24 heavy (non-hydrogen) atoms. The summed E-state index contributed by atoms with van der Waals surface area (Å²) in [6.07, 6.45) is 5.58. The van der Waals surface area contributed by atoms with Crippen LogP contribution in [0.15, 0.2) is 18.2 Å². The number of carbonyl (C=O) groups is 2. The summed E-state index contributed by atoms with van der Waals surface area (Å²) in [4.78, 5) is 24.2. The van der Waals surface area contributed by atoms with Gasteiger partial charge in [-0.3, -0.25) is 4.79 Å². The van der Waals surface area contributed by atoms with Gasteiger partial charge in [0.15, 0.2) is 17.7 Å². The van der Waals surface area contributed by atoms with Crippen LogP contribution >= 0.6 is 0 Å². The Bertz CT molecular complexity index is 582. The quantitative estimate of drug-likeness (QED) is 0.662. The molecule has 0 spiro atoms. The van der Waals surface area contributed by atoms with Crippen LogP contribution in [-0.4, -0.2) is 31.1 Å². The first-order valence-corrected chi connectivity index (χ1v) is 8.36. The van der Waals surface area contributed by atoms with E-state index in [-0.39, 0.29) is 23.3 Å². The van der Waals surface area contributed by atoms with Crippen LogP contribution in [0.1, 0.15) is 55.8 Å². The molecule has 1 amide bonds. The maximum atomic E-state index is 13.6. The van der Waals surface area contributed by atoms with Gasteiger partial charge in [0.25, 0.3) is 5.91 Å². The Kier molecular flexibility index (Phi) is 6.58. The summed E-state index contributed by atoms with van der Waals surface area (Å²) in [6.45, 7) is 1.52. The molecule has 1 N–H and O–H groups in total. The number of halogens is 1. The van der Waals surface area contributed by atoms with Gasteiger partial charge in [-0.25, -0.2) is 9.18 Å². The average molecular weight is 337 g/mol. The maximum Gasteiger partial charge on any atom is 0.339 e. The zero-order valence-corrected chi connectivity index (χ0v) is 14.1. The number of hydrogen-bond acceptors (Lipinski definition) is 4. The number of carbonyl (C=O) groups excluding carboxylic acids is 2. The standard InChI is InChI=1S/C18H24FNO4/c1-12(17(21)20-14-7-5-3-4-6-8-14)24-18(22)13-9-10-16(23-2)15(19)11-13/h9-12,14H,3-8H2,1-2H3,(H,20,21)/t12-/m0/s1. The number of esters is 1. The SMILES string of the molecule is COc1ccc(C(=O)O[C@@H](C)C(=O)NC2CCCCCC2)cc1F. The fraction of sp³-hybridized carbons (Fsp3) is 0.556. The van der Waals surface area contributed by atoms with E-state index in [1.54, 1.807) is 0 Å². The number of methoxy groups -OCH3 is 1. The summed E-state index contributed by atoms with van der Waals surface area (Å²) >= 11 is 0. The summed E-state index contributed by atoms with van der Waals surface area (Å²) < 4.78 is 23.6. The first kappa shape index (κ1) is 18.2. The van der Waals surface area contributed by atoms with Gasteiger partial charge in [-0.2, -0.15) is 0 Å². The summed E-state index contributed by atoms with van der Waals surface area (Å²) in [5.41, 5.74) is 0.0439. The topological polar surface area (TPSA) is 64.6 Å². The largest absolute Gasteiger partial charge is 0.494 e. The van der Waals surface area contributed by atoms with Crippen molar-refractivity contribution in [2.75, 3.05) is 7.11 Å². The molecular weight excluding hydrogens is 313 g/mol. The number of rotatable bonds is 5. The zero-order valence-electron chi connectivity index (χ0n) is 14.1. The summed E-state index contributed by atoms with van der Waals surface area (Å²) in [5, 5.41) is 2.93. The first-order chi connectivity index (χ1) is 11.5. The molecule has 0 saturated heterocycles. The van der Waals surface area contributed by atoms with E-state index >= 15 is 0 Å². The Morgan fingerprint density at radius 1 is 1.21 bits per heavy atom. The van der Waals surface area contributed by atoms with Crippen molar-refractivity contribution in [3.05, 3.63) is 29.6 Å². The van der Waals surface area contributed by atoms with Gasteiger partial charge in [0.1, 0.15) is 0 Å². The molecule has 1 atom stereocenters. The zero-order chi connectivity index (χ0) is 17.5. The third kappa shape index (κ3) is 4.94. The predicted octanol–water partition coefficient (Wildman–Crippen LogP) is 3.22. The smallest absolute Gasteiger partial charge is 0.339 e. The van der Waals surface area contributed by atoms with Crippen molar-refractivity contribution in [1.29, 1.82) is 0 Å². The number of nitrogens with one attached hydrogen (secondary N) is 1. The van der Waals surface area contributed by atoms with Gasteiger partial charge in [0, 0.05) is 6.04 Å².